The first-order valence-corrected chi connectivity index (χ1v) is 3.64. The first-order valence-electron chi connectivity index (χ1n) is 3.64. The fourth-order valence-electron chi connectivity index (χ4n) is 0.545. The average Bonchev–Trinajstić information content (AvgIpc) is 1.78. The van der Waals surface area contributed by atoms with Gasteiger partial charge in [-0.15, -0.1) is 0 Å². The lowest BCUT2D eigenvalue weighted by Gasteiger charge is -2.18. The van der Waals surface area contributed by atoms with E-state index in [1.165, 1.54) is 0 Å². The molecule has 0 aliphatic heterocycles. The van der Waals surface area contributed by atoms with Crippen molar-refractivity contribution in [2.24, 2.45) is 0 Å². The SMILES string of the molecule is CC(C)(C)OCCCC=O. The van der Waals surface area contributed by atoms with Crippen molar-refractivity contribution in [3.05, 3.63) is 0 Å². The molecule has 0 heterocycles. The molecule has 0 aromatic heterocycles. The molecule has 0 atom stereocenters. The Morgan fingerprint density at radius 3 is 2.40 bits per heavy atom. The molecular weight excluding hydrogens is 128 g/mol. The molecule has 0 radical (unpaired) electrons. The molecule has 0 saturated heterocycles. The number of carbonyl (C=O) groups is 1. The second-order valence-corrected chi connectivity index (χ2v) is 3.27. The van der Waals surface area contributed by atoms with Gasteiger partial charge >= 0.3 is 0 Å². The molecule has 0 amide bonds. The Bertz CT molecular complexity index is 91.9. The Morgan fingerprint density at radius 2 is 2.00 bits per heavy atom. The lowest BCUT2D eigenvalue weighted by molar-refractivity contribution is -0.108. The smallest absolute Gasteiger partial charge is 0.120 e. The quantitative estimate of drug-likeness (QED) is 0.444. The van der Waals surface area contributed by atoms with Crippen LogP contribution in [-0.2, 0) is 9.53 Å². The summed E-state index contributed by atoms with van der Waals surface area (Å²) in [4.78, 5) is 9.87. The Labute approximate surface area is 62.6 Å². The first kappa shape index (κ1) is 9.63. The minimum absolute atomic E-state index is 0.0666. The van der Waals surface area contributed by atoms with Gasteiger partial charge in [0.15, 0.2) is 0 Å². The molecule has 2 heteroatoms. The third kappa shape index (κ3) is 7.63. The van der Waals surface area contributed by atoms with E-state index in [0.717, 1.165) is 12.7 Å². The van der Waals surface area contributed by atoms with Gasteiger partial charge in [-0.25, -0.2) is 0 Å². The molecular formula is C8H16O2. The van der Waals surface area contributed by atoms with E-state index in [9.17, 15) is 4.79 Å². The zero-order chi connectivity index (χ0) is 8.04. The Kier molecular flexibility index (Phi) is 4.28. The molecule has 0 aliphatic carbocycles. The van der Waals surface area contributed by atoms with Crippen molar-refractivity contribution in [2.75, 3.05) is 6.61 Å². The van der Waals surface area contributed by atoms with E-state index in [1.807, 2.05) is 20.8 Å². The second kappa shape index (κ2) is 4.45. The molecule has 0 N–H and O–H groups in total. The molecule has 60 valence electrons. The summed E-state index contributed by atoms with van der Waals surface area (Å²) in [7, 11) is 0. The van der Waals surface area contributed by atoms with E-state index in [1.54, 1.807) is 0 Å². The van der Waals surface area contributed by atoms with Gasteiger partial charge < -0.3 is 9.53 Å². The van der Waals surface area contributed by atoms with Gasteiger partial charge in [-0.2, -0.15) is 0 Å². The highest BCUT2D eigenvalue weighted by Gasteiger charge is 2.08. The fourth-order valence-corrected chi connectivity index (χ4v) is 0.545. The molecule has 0 aromatic carbocycles. The normalized spacial score (nSPS) is 11.5. The molecule has 0 saturated carbocycles. The highest BCUT2D eigenvalue weighted by Crippen LogP contribution is 2.06. The zero-order valence-corrected chi connectivity index (χ0v) is 7.02. The van der Waals surface area contributed by atoms with E-state index >= 15 is 0 Å². The van der Waals surface area contributed by atoms with Crippen LogP contribution in [0.5, 0.6) is 0 Å². The van der Waals surface area contributed by atoms with Crippen molar-refractivity contribution >= 4 is 6.29 Å². The van der Waals surface area contributed by atoms with Crippen molar-refractivity contribution in [3.8, 4) is 0 Å². The topological polar surface area (TPSA) is 26.3 Å². The standard InChI is InChI=1S/C8H16O2/c1-8(2,3)10-7-5-4-6-9/h6H,4-5,7H2,1-3H3. The van der Waals surface area contributed by atoms with E-state index in [4.69, 9.17) is 4.74 Å². The van der Waals surface area contributed by atoms with Crippen molar-refractivity contribution in [3.63, 3.8) is 0 Å². The minimum atomic E-state index is -0.0666. The highest BCUT2D eigenvalue weighted by atomic mass is 16.5. The van der Waals surface area contributed by atoms with E-state index < -0.39 is 0 Å². The Hall–Kier alpha value is -0.370. The summed E-state index contributed by atoms with van der Waals surface area (Å²) >= 11 is 0. The van der Waals surface area contributed by atoms with Crippen molar-refractivity contribution in [1.29, 1.82) is 0 Å². The van der Waals surface area contributed by atoms with Crippen LogP contribution in [0.15, 0.2) is 0 Å². The van der Waals surface area contributed by atoms with Crippen LogP contribution in [-0.4, -0.2) is 18.5 Å². The largest absolute Gasteiger partial charge is 0.376 e. The summed E-state index contributed by atoms with van der Waals surface area (Å²) in [6, 6.07) is 0. The average molecular weight is 144 g/mol. The number of hydrogen-bond donors (Lipinski definition) is 0. The van der Waals surface area contributed by atoms with Gasteiger partial charge in [-0.3, -0.25) is 0 Å². The maximum atomic E-state index is 9.87. The van der Waals surface area contributed by atoms with E-state index in [0.29, 0.717) is 13.0 Å². The number of rotatable bonds is 4. The number of aldehydes is 1. The molecule has 0 aromatic rings. The highest BCUT2D eigenvalue weighted by molar-refractivity contribution is 5.48. The van der Waals surface area contributed by atoms with Crippen LogP contribution in [0.3, 0.4) is 0 Å². The van der Waals surface area contributed by atoms with Crippen LogP contribution >= 0.6 is 0 Å². The number of unbranched alkanes of at least 4 members (excludes halogenated alkanes) is 1. The molecule has 0 aliphatic rings. The number of hydrogen-bond acceptors (Lipinski definition) is 2. The maximum absolute atomic E-state index is 9.87. The van der Waals surface area contributed by atoms with E-state index in [-0.39, 0.29) is 5.60 Å². The summed E-state index contributed by atoms with van der Waals surface area (Å²) < 4.78 is 5.37. The summed E-state index contributed by atoms with van der Waals surface area (Å²) in [6.07, 6.45) is 2.36. The molecule has 0 bridgehead atoms. The van der Waals surface area contributed by atoms with Gasteiger partial charge in [-0.1, -0.05) is 0 Å². The molecule has 0 fully saturated rings. The van der Waals surface area contributed by atoms with Crippen LogP contribution in [0.1, 0.15) is 33.6 Å². The van der Waals surface area contributed by atoms with Crippen LogP contribution in [0.2, 0.25) is 0 Å². The van der Waals surface area contributed by atoms with Crippen LogP contribution in [0.25, 0.3) is 0 Å². The van der Waals surface area contributed by atoms with Gasteiger partial charge in [-0.05, 0) is 27.2 Å². The van der Waals surface area contributed by atoms with Gasteiger partial charge in [0, 0.05) is 13.0 Å². The van der Waals surface area contributed by atoms with Crippen LogP contribution in [0.4, 0.5) is 0 Å². The lowest BCUT2D eigenvalue weighted by atomic mass is 10.2. The fraction of sp³-hybridized carbons (Fsp3) is 0.875. The van der Waals surface area contributed by atoms with Crippen molar-refractivity contribution in [1.82, 2.24) is 0 Å². The Balaban J connectivity index is 3.12. The summed E-state index contributed by atoms with van der Waals surface area (Å²) in [5.41, 5.74) is -0.0666. The first-order chi connectivity index (χ1) is 4.56. The summed E-state index contributed by atoms with van der Waals surface area (Å²) in [5.74, 6) is 0. The van der Waals surface area contributed by atoms with Gasteiger partial charge in [0.05, 0.1) is 5.60 Å². The third-order valence-corrected chi connectivity index (χ3v) is 1.00. The van der Waals surface area contributed by atoms with Crippen LogP contribution in [0, 0.1) is 0 Å². The van der Waals surface area contributed by atoms with Crippen LogP contribution < -0.4 is 0 Å². The van der Waals surface area contributed by atoms with Gasteiger partial charge in [0.1, 0.15) is 6.29 Å². The predicted octanol–water partition coefficient (Wildman–Crippen LogP) is 1.78. The molecule has 0 rings (SSSR count). The minimum Gasteiger partial charge on any atom is -0.376 e. The molecule has 2 nitrogen and oxygen atoms in total. The van der Waals surface area contributed by atoms with Crippen molar-refractivity contribution in [2.45, 2.75) is 39.2 Å². The predicted molar refractivity (Wildman–Crippen MR) is 41.0 cm³/mol. The Morgan fingerprint density at radius 1 is 1.40 bits per heavy atom. The molecule has 0 unspecified atom stereocenters. The zero-order valence-electron chi connectivity index (χ0n) is 7.02. The maximum Gasteiger partial charge on any atom is 0.120 e. The number of ether oxygens (including phenoxy) is 1. The monoisotopic (exact) mass is 144 g/mol. The van der Waals surface area contributed by atoms with Gasteiger partial charge in [0.2, 0.25) is 0 Å². The van der Waals surface area contributed by atoms with Crippen molar-refractivity contribution < 1.29 is 9.53 Å². The third-order valence-electron chi connectivity index (χ3n) is 1.00. The molecule has 10 heavy (non-hydrogen) atoms. The van der Waals surface area contributed by atoms with Gasteiger partial charge in [0.25, 0.3) is 0 Å². The molecule has 0 spiro atoms. The lowest BCUT2D eigenvalue weighted by Crippen LogP contribution is -2.19. The number of carbonyl (C=O) groups excluding carboxylic acids is 1. The summed E-state index contributed by atoms with van der Waals surface area (Å²) in [5, 5.41) is 0. The van der Waals surface area contributed by atoms with E-state index in [2.05, 4.69) is 0 Å². The summed E-state index contributed by atoms with van der Waals surface area (Å²) in [6.45, 7) is 6.71. The second-order valence-electron chi connectivity index (χ2n) is 3.27.